The fourth-order valence-electron chi connectivity index (χ4n) is 2.32. The number of epoxide rings is 1. The van der Waals surface area contributed by atoms with E-state index < -0.39 is 0 Å². The lowest BCUT2D eigenvalue weighted by atomic mass is 10.1. The van der Waals surface area contributed by atoms with E-state index in [1.807, 2.05) is 6.07 Å². The molecule has 0 saturated carbocycles. The fourth-order valence-corrected chi connectivity index (χ4v) is 2.32. The standard InChI is InChI=1S/C14H19NO2/c1-4-8-15(9-5-1)13-6-2-3-7-14(13)17-11-12-10-16-12/h2-3,6-7,12H,1,4-5,8-11H2/t12-/m0/s1. The lowest BCUT2D eigenvalue weighted by molar-refractivity contribution is 0.263. The molecule has 0 spiro atoms. The minimum atomic E-state index is 0.324. The van der Waals surface area contributed by atoms with Gasteiger partial charge in [0.2, 0.25) is 0 Å². The summed E-state index contributed by atoms with van der Waals surface area (Å²) in [5.74, 6) is 1.00. The Morgan fingerprint density at radius 3 is 2.71 bits per heavy atom. The smallest absolute Gasteiger partial charge is 0.142 e. The van der Waals surface area contributed by atoms with Gasteiger partial charge in [0.25, 0.3) is 0 Å². The van der Waals surface area contributed by atoms with Crippen molar-refractivity contribution in [1.29, 1.82) is 0 Å². The fraction of sp³-hybridized carbons (Fsp3) is 0.571. The molecule has 1 aromatic rings. The van der Waals surface area contributed by atoms with Crippen LogP contribution in [0, 0.1) is 0 Å². The molecular weight excluding hydrogens is 214 g/mol. The molecule has 17 heavy (non-hydrogen) atoms. The van der Waals surface area contributed by atoms with Gasteiger partial charge in [0, 0.05) is 13.1 Å². The molecule has 3 rings (SSSR count). The highest BCUT2D eigenvalue weighted by Crippen LogP contribution is 2.30. The normalized spacial score (nSPS) is 23.5. The summed E-state index contributed by atoms with van der Waals surface area (Å²) >= 11 is 0. The van der Waals surface area contributed by atoms with E-state index in [1.165, 1.54) is 24.9 Å². The Morgan fingerprint density at radius 2 is 1.94 bits per heavy atom. The summed E-state index contributed by atoms with van der Waals surface area (Å²) in [5.41, 5.74) is 1.24. The maximum atomic E-state index is 5.85. The lowest BCUT2D eigenvalue weighted by Gasteiger charge is -2.30. The molecular formula is C14H19NO2. The van der Waals surface area contributed by atoms with Crippen molar-refractivity contribution >= 4 is 5.69 Å². The van der Waals surface area contributed by atoms with Crippen LogP contribution in [-0.2, 0) is 4.74 Å². The Morgan fingerprint density at radius 1 is 1.18 bits per heavy atom. The third-order valence-electron chi connectivity index (χ3n) is 3.39. The predicted octanol–water partition coefficient (Wildman–Crippen LogP) is 2.45. The Bertz CT molecular complexity index is 370. The van der Waals surface area contributed by atoms with Crippen molar-refractivity contribution in [3.8, 4) is 5.75 Å². The first-order valence-corrected chi connectivity index (χ1v) is 6.52. The van der Waals surface area contributed by atoms with Gasteiger partial charge in [0.15, 0.2) is 0 Å². The molecule has 0 aromatic heterocycles. The van der Waals surface area contributed by atoms with Crippen molar-refractivity contribution in [3.63, 3.8) is 0 Å². The average molecular weight is 233 g/mol. The quantitative estimate of drug-likeness (QED) is 0.747. The van der Waals surface area contributed by atoms with Crippen LogP contribution in [0.1, 0.15) is 19.3 Å². The minimum absolute atomic E-state index is 0.324. The van der Waals surface area contributed by atoms with Crippen LogP contribution in [0.25, 0.3) is 0 Å². The first kappa shape index (κ1) is 10.9. The zero-order valence-electron chi connectivity index (χ0n) is 10.1. The minimum Gasteiger partial charge on any atom is -0.489 e. The summed E-state index contributed by atoms with van der Waals surface area (Å²) in [6, 6.07) is 8.35. The van der Waals surface area contributed by atoms with E-state index in [0.717, 1.165) is 25.4 Å². The van der Waals surface area contributed by atoms with Crippen LogP contribution in [0.15, 0.2) is 24.3 Å². The Labute approximate surface area is 102 Å². The van der Waals surface area contributed by atoms with Gasteiger partial charge in [-0.3, -0.25) is 0 Å². The number of anilines is 1. The molecule has 0 radical (unpaired) electrons. The van der Waals surface area contributed by atoms with Crippen LogP contribution >= 0.6 is 0 Å². The molecule has 3 nitrogen and oxygen atoms in total. The zero-order valence-corrected chi connectivity index (χ0v) is 10.1. The van der Waals surface area contributed by atoms with Gasteiger partial charge in [0.1, 0.15) is 18.5 Å². The Hall–Kier alpha value is -1.22. The van der Waals surface area contributed by atoms with E-state index in [2.05, 4.69) is 23.1 Å². The maximum Gasteiger partial charge on any atom is 0.142 e. The van der Waals surface area contributed by atoms with Crippen molar-refractivity contribution < 1.29 is 9.47 Å². The molecule has 1 atom stereocenters. The van der Waals surface area contributed by atoms with Crippen molar-refractivity contribution in [3.05, 3.63) is 24.3 Å². The second kappa shape index (κ2) is 4.96. The zero-order chi connectivity index (χ0) is 11.5. The number of hydrogen-bond acceptors (Lipinski definition) is 3. The van der Waals surface area contributed by atoms with Gasteiger partial charge in [0.05, 0.1) is 12.3 Å². The summed E-state index contributed by atoms with van der Waals surface area (Å²) in [7, 11) is 0. The van der Waals surface area contributed by atoms with E-state index in [9.17, 15) is 0 Å². The average Bonchev–Trinajstić information content (AvgIpc) is 3.22. The topological polar surface area (TPSA) is 25.0 Å². The number of piperidine rings is 1. The van der Waals surface area contributed by atoms with Crippen LogP contribution < -0.4 is 9.64 Å². The molecule has 3 heteroatoms. The summed E-state index contributed by atoms with van der Waals surface area (Å²) < 4.78 is 11.0. The van der Waals surface area contributed by atoms with Crippen molar-refractivity contribution in [1.82, 2.24) is 0 Å². The Balaban J connectivity index is 1.71. The van der Waals surface area contributed by atoms with Gasteiger partial charge in [-0.05, 0) is 31.4 Å². The van der Waals surface area contributed by atoms with Crippen LogP contribution in [0.2, 0.25) is 0 Å². The van der Waals surface area contributed by atoms with Gasteiger partial charge in [-0.1, -0.05) is 12.1 Å². The highest BCUT2D eigenvalue weighted by Gasteiger charge is 2.24. The molecule has 0 bridgehead atoms. The molecule has 0 aliphatic carbocycles. The molecule has 2 aliphatic rings. The molecule has 2 aliphatic heterocycles. The van der Waals surface area contributed by atoms with Crippen LogP contribution in [-0.4, -0.2) is 32.4 Å². The molecule has 0 unspecified atom stereocenters. The molecule has 2 fully saturated rings. The highest BCUT2D eigenvalue weighted by atomic mass is 16.6. The number of hydrogen-bond donors (Lipinski definition) is 0. The van der Waals surface area contributed by atoms with Crippen LogP contribution in [0.3, 0.4) is 0 Å². The van der Waals surface area contributed by atoms with Crippen LogP contribution in [0.4, 0.5) is 5.69 Å². The first-order chi connectivity index (χ1) is 8.43. The van der Waals surface area contributed by atoms with E-state index in [4.69, 9.17) is 9.47 Å². The van der Waals surface area contributed by atoms with Crippen molar-refractivity contribution in [2.45, 2.75) is 25.4 Å². The van der Waals surface area contributed by atoms with Gasteiger partial charge in [-0.25, -0.2) is 0 Å². The highest BCUT2D eigenvalue weighted by molar-refractivity contribution is 5.58. The third kappa shape index (κ3) is 2.72. The monoisotopic (exact) mass is 233 g/mol. The molecule has 1 aromatic carbocycles. The van der Waals surface area contributed by atoms with E-state index in [1.54, 1.807) is 0 Å². The van der Waals surface area contributed by atoms with Gasteiger partial charge in [-0.15, -0.1) is 0 Å². The molecule has 0 N–H and O–H groups in total. The third-order valence-corrected chi connectivity index (χ3v) is 3.39. The molecule has 0 amide bonds. The SMILES string of the molecule is c1ccc(N2CCCCC2)c(OC[C@@H]2CO2)c1. The number of benzene rings is 1. The lowest BCUT2D eigenvalue weighted by Crippen LogP contribution is -2.29. The van der Waals surface area contributed by atoms with Gasteiger partial charge >= 0.3 is 0 Å². The second-order valence-electron chi connectivity index (χ2n) is 4.78. The van der Waals surface area contributed by atoms with Gasteiger partial charge < -0.3 is 14.4 Å². The molecule has 2 heterocycles. The Kier molecular flexibility index (Phi) is 3.18. The first-order valence-electron chi connectivity index (χ1n) is 6.52. The largest absolute Gasteiger partial charge is 0.489 e. The second-order valence-corrected chi connectivity index (χ2v) is 4.78. The van der Waals surface area contributed by atoms with Crippen molar-refractivity contribution in [2.75, 3.05) is 31.2 Å². The van der Waals surface area contributed by atoms with Crippen LogP contribution in [0.5, 0.6) is 5.75 Å². The van der Waals surface area contributed by atoms with E-state index in [-0.39, 0.29) is 0 Å². The number of rotatable bonds is 4. The van der Waals surface area contributed by atoms with Crippen molar-refractivity contribution in [2.24, 2.45) is 0 Å². The van der Waals surface area contributed by atoms with E-state index in [0.29, 0.717) is 12.7 Å². The summed E-state index contributed by atoms with van der Waals surface area (Å²) in [6.07, 6.45) is 4.26. The summed E-state index contributed by atoms with van der Waals surface area (Å²) in [4.78, 5) is 2.44. The summed E-state index contributed by atoms with van der Waals surface area (Å²) in [5, 5.41) is 0. The number of para-hydroxylation sites is 2. The molecule has 2 saturated heterocycles. The number of ether oxygens (including phenoxy) is 2. The maximum absolute atomic E-state index is 5.85. The van der Waals surface area contributed by atoms with Gasteiger partial charge in [-0.2, -0.15) is 0 Å². The van der Waals surface area contributed by atoms with E-state index >= 15 is 0 Å². The summed E-state index contributed by atoms with van der Waals surface area (Å²) in [6.45, 7) is 3.84. The molecule has 92 valence electrons. The number of nitrogens with zero attached hydrogens (tertiary/aromatic N) is 1. The predicted molar refractivity (Wildman–Crippen MR) is 67.7 cm³/mol.